The lowest BCUT2D eigenvalue weighted by Crippen LogP contribution is -2.01. The molecule has 0 atom stereocenters. The predicted octanol–water partition coefficient (Wildman–Crippen LogP) is 12.2. The maximum Gasteiger partial charge on any atom is 0.131 e. The third kappa shape index (κ3) is 3.47. The van der Waals surface area contributed by atoms with Crippen LogP contribution in [0.25, 0.3) is 91.9 Å². The largest absolute Gasteiger partial charge is 0.309 e. The molecule has 48 heavy (non-hydrogen) atoms. The topological polar surface area (TPSA) is 14.8 Å². The Morgan fingerprint density at radius 2 is 0.812 bits per heavy atom. The Kier molecular flexibility index (Phi) is 5.26. The molecule has 4 heteroatoms. The van der Waals surface area contributed by atoms with E-state index in [0.717, 1.165) is 11.4 Å². The maximum atomic E-state index is 2.48. The lowest BCUT2D eigenvalue weighted by atomic mass is 10.1. The number of nitrogens with zero attached hydrogens (tertiary/aromatic N) is 3. The average Bonchev–Trinajstić information content (AvgIpc) is 3.87. The van der Waals surface area contributed by atoms with Gasteiger partial charge in [0.15, 0.2) is 0 Å². The van der Waals surface area contributed by atoms with Crippen molar-refractivity contribution in [2.45, 2.75) is 0 Å². The molecule has 0 amide bonds. The van der Waals surface area contributed by atoms with Crippen LogP contribution in [-0.4, -0.2) is 13.7 Å². The van der Waals surface area contributed by atoms with E-state index < -0.39 is 0 Å². The van der Waals surface area contributed by atoms with Crippen LogP contribution in [-0.2, 0) is 0 Å². The molecule has 0 aliphatic heterocycles. The van der Waals surface area contributed by atoms with Crippen molar-refractivity contribution in [3.05, 3.63) is 164 Å². The molecule has 224 valence electrons. The summed E-state index contributed by atoms with van der Waals surface area (Å²) in [5, 5.41) is 8.91. The van der Waals surface area contributed by atoms with Gasteiger partial charge in [0.25, 0.3) is 0 Å². The zero-order valence-corrected chi connectivity index (χ0v) is 26.7. The number of fused-ring (bicyclic) bond motifs is 11. The normalized spacial score (nSPS) is 12.2. The van der Waals surface area contributed by atoms with Crippen LogP contribution in [0.15, 0.2) is 164 Å². The van der Waals surface area contributed by atoms with E-state index in [1.54, 1.807) is 0 Å². The summed E-state index contributed by atoms with van der Waals surface area (Å²) in [6.45, 7) is 0. The van der Waals surface area contributed by atoms with Gasteiger partial charge in [0, 0.05) is 64.2 Å². The highest BCUT2D eigenvalue weighted by Gasteiger charge is 2.23. The standard InChI is InChI=1S/C44H27N3S/c1-2-12-28(13-3-1)46-40-24-22-29(45-37-18-8-4-14-31(37)32-15-5-9-19-38(32)45)27-36(40)43-34-17-6-10-20-39(34)47(44(43)46)30-23-25-42-35(26-30)33-16-7-11-21-41(33)48-42/h1-27H. The first-order valence-electron chi connectivity index (χ1n) is 16.4. The Balaban J connectivity index is 1.29. The van der Waals surface area contributed by atoms with Crippen molar-refractivity contribution >= 4 is 86.2 Å². The smallest absolute Gasteiger partial charge is 0.131 e. The van der Waals surface area contributed by atoms with Gasteiger partial charge in [-0.2, -0.15) is 0 Å². The minimum atomic E-state index is 1.15. The Labute approximate surface area is 279 Å². The molecule has 0 radical (unpaired) electrons. The van der Waals surface area contributed by atoms with Crippen molar-refractivity contribution in [2.24, 2.45) is 0 Å². The van der Waals surface area contributed by atoms with Crippen molar-refractivity contribution in [3.8, 4) is 17.1 Å². The zero-order valence-electron chi connectivity index (χ0n) is 25.8. The van der Waals surface area contributed by atoms with Crippen molar-refractivity contribution in [3.63, 3.8) is 0 Å². The van der Waals surface area contributed by atoms with Crippen LogP contribution in [0.5, 0.6) is 0 Å². The summed E-state index contributed by atoms with van der Waals surface area (Å²) < 4.78 is 9.99. The molecule has 3 nitrogen and oxygen atoms in total. The van der Waals surface area contributed by atoms with Crippen LogP contribution >= 0.6 is 11.3 Å². The molecule has 0 saturated carbocycles. The average molecular weight is 630 g/mol. The van der Waals surface area contributed by atoms with Gasteiger partial charge in [-0.15, -0.1) is 11.3 Å². The van der Waals surface area contributed by atoms with Crippen LogP contribution in [0.1, 0.15) is 0 Å². The summed E-state index contributed by atoms with van der Waals surface area (Å²) in [5.41, 5.74) is 9.48. The van der Waals surface area contributed by atoms with Crippen LogP contribution in [0, 0.1) is 0 Å². The number of para-hydroxylation sites is 4. The highest BCUT2D eigenvalue weighted by molar-refractivity contribution is 7.25. The molecule has 0 aliphatic rings. The van der Waals surface area contributed by atoms with Crippen molar-refractivity contribution in [2.75, 3.05) is 0 Å². The number of benzene rings is 7. The van der Waals surface area contributed by atoms with Gasteiger partial charge in [-0.05, 0) is 72.8 Å². The molecule has 11 aromatic rings. The fourth-order valence-electron chi connectivity index (χ4n) is 8.03. The maximum absolute atomic E-state index is 2.48. The number of hydrogen-bond donors (Lipinski definition) is 0. The monoisotopic (exact) mass is 629 g/mol. The second-order valence-corrected chi connectivity index (χ2v) is 13.7. The van der Waals surface area contributed by atoms with Gasteiger partial charge >= 0.3 is 0 Å². The zero-order chi connectivity index (χ0) is 31.3. The lowest BCUT2D eigenvalue weighted by molar-refractivity contribution is 1.07. The number of rotatable bonds is 3. The molecule has 7 aromatic carbocycles. The van der Waals surface area contributed by atoms with Crippen LogP contribution in [0.2, 0.25) is 0 Å². The van der Waals surface area contributed by atoms with E-state index in [1.807, 2.05) is 11.3 Å². The molecule has 0 bridgehead atoms. The second-order valence-electron chi connectivity index (χ2n) is 12.6. The van der Waals surface area contributed by atoms with Gasteiger partial charge in [0.1, 0.15) is 5.65 Å². The van der Waals surface area contributed by atoms with Gasteiger partial charge in [-0.3, -0.25) is 9.13 Å². The van der Waals surface area contributed by atoms with Crippen LogP contribution in [0.4, 0.5) is 0 Å². The molecule has 0 unspecified atom stereocenters. The molecular formula is C44H27N3S. The summed E-state index contributed by atoms with van der Waals surface area (Å²) in [7, 11) is 0. The molecular weight excluding hydrogens is 603 g/mol. The van der Waals surface area contributed by atoms with Crippen molar-refractivity contribution in [1.29, 1.82) is 0 Å². The first kappa shape index (κ1) is 26.0. The molecule has 4 heterocycles. The van der Waals surface area contributed by atoms with E-state index in [0.29, 0.717) is 0 Å². The molecule has 4 aromatic heterocycles. The lowest BCUT2D eigenvalue weighted by Gasteiger charge is -2.14. The molecule has 0 spiro atoms. The third-order valence-corrected chi connectivity index (χ3v) is 11.2. The quantitative estimate of drug-likeness (QED) is 0.185. The minimum absolute atomic E-state index is 1.15. The Bertz CT molecular complexity index is 3010. The first-order chi connectivity index (χ1) is 23.8. The van der Waals surface area contributed by atoms with E-state index >= 15 is 0 Å². The summed E-state index contributed by atoms with van der Waals surface area (Å²) in [6.07, 6.45) is 0. The fraction of sp³-hybridized carbons (Fsp3) is 0. The predicted molar refractivity (Wildman–Crippen MR) is 205 cm³/mol. The van der Waals surface area contributed by atoms with E-state index in [2.05, 4.69) is 177 Å². The van der Waals surface area contributed by atoms with Crippen LogP contribution < -0.4 is 0 Å². The Morgan fingerprint density at radius 3 is 1.56 bits per heavy atom. The molecule has 0 saturated heterocycles. The molecule has 0 aliphatic carbocycles. The highest BCUT2D eigenvalue weighted by atomic mass is 32.1. The van der Waals surface area contributed by atoms with Gasteiger partial charge < -0.3 is 4.57 Å². The Morgan fingerprint density at radius 1 is 0.312 bits per heavy atom. The summed E-state index contributed by atoms with van der Waals surface area (Å²) in [6, 6.07) is 59.9. The van der Waals surface area contributed by atoms with Crippen LogP contribution in [0.3, 0.4) is 0 Å². The van der Waals surface area contributed by atoms with E-state index in [-0.39, 0.29) is 0 Å². The minimum Gasteiger partial charge on any atom is -0.309 e. The first-order valence-corrected chi connectivity index (χ1v) is 17.2. The molecule has 0 N–H and O–H groups in total. The van der Waals surface area contributed by atoms with Gasteiger partial charge in [-0.1, -0.05) is 91.0 Å². The summed E-state index contributed by atoms with van der Waals surface area (Å²) in [5.74, 6) is 0. The van der Waals surface area contributed by atoms with Gasteiger partial charge in [-0.25, -0.2) is 0 Å². The molecule has 0 fully saturated rings. The summed E-state index contributed by atoms with van der Waals surface area (Å²) >= 11 is 1.86. The fourth-order valence-corrected chi connectivity index (χ4v) is 9.12. The second kappa shape index (κ2) is 9.71. The van der Waals surface area contributed by atoms with Gasteiger partial charge in [0.2, 0.25) is 0 Å². The van der Waals surface area contributed by atoms with E-state index in [4.69, 9.17) is 0 Å². The number of hydrogen-bond acceptors (Lipinski definition) is 1. The van der Waals surface area contributed by atoms with Crippen molar-refractivity contribution < 1.29 is 0 Å². The Hall–Kier alpha value is -6.10. The van der Waals surface area contributed by atoms with Crippen molar-refractivity contribution in [1.82, 2.24) is 13.7 Å². The number of thiophene rings is 1. The van der Waals surface area contributed by atoms with Gasteiger partial charge in [0.05, 0.1) is 22.1 Å². The van der Waals surface area contributed by atoms with E-state index in [9.17, 15) is 0 Å². The summed E-state index contributed by atoms with van der Waals surface area (Å²) in [4.78, 5) is 0. The molecule has 11 rings (SSSR count). The van der Waals surface area contributed by atoms with E-state index in [1.165, 1.54) is 80.5 Å². The number of aromatic nitrogens is 3. The highest BCUT2D eigenvalue weighted by Crippen LogP contribution is 2.43. The third-order valence-electron chi connectivity index (χ3n) is 10.0. The SMILES string of the molecule is c1ccc(-n2c3ccc(-n4c5ccccc5c5ccccc54)cc3c3c4ccccc4n(-c4ccc5sc6ccccc6c5c4)c32)cc1.